The Kier molecular flexibility index (Phi) is 6.19. The molecule has 0 atom stereocenters. The van der Waals surface area contributed by atoms with Gasteiger partial charge in [-0.2, -0.15) is 13.2 Å². The quantitative estimate of drug-likeness (QED) is 0.604. The minimum Gasteiger partial charge on any atom is -0.506 e. The number of anilines is 1. The predicted molar refractivity (Wildman–Crippen MR) is 96.1 cm³/mol. The van der Waals surface area contributed by atoms with Crippen LogP contribution in [0.2, 0.25) is 0 Å². The van der Waals surface area contributed by atoms with Crippen molar-refractivity contribution in [3.8, 4) is 5.75 Å². The lowest BCUT2D eigenvalue weighted by Crippen LogP contribution is -2.13. The van der Waals surface area contributed by atoms with E-state index < -0.39 is 23.6 Å². The first-order valence-corrected chi connectivity index (χ1v) is 7.84. The Labute approximate surface area is 157 Å². The second-order valence-corrected chi connectivity index (χ2v) is 5.59. The van der Waals surface area contributed by atoms with Crippen LogP contribution in [-0.2, 0) is 11.0 Å². The first-order chi connectivity index (χ1) is 13.1. The van der Waals surface area contributed by atoms with Crippen molar-refractivity contribution in [2.24, 2.45) is 0 Å². The van der Waals surface area contributed by atoms with Gasteiger partial charge >= 0.3 is 6.18 Å². The molecule has 0 unspecified atom stereocenters. The number of carbonyl (C=O) groups is 2. The van der Waals surface area contributed by atoms with Crippen molar-refractivity contribution in [3.05, 3.63) is 65.9 Å². The highest BCUT2D eigenvalue weighted by Crippen LogP contribution is 2.31. The summed E-state index contributed by atoms with van der Waals surface area (Å²) in [5.41, 5.74) is -0.514. The summed E-state index contributed by atoms with van der Waals surface area (Å²) in [5, 5.41) is 20.3. The molecule has 0 fully saturated rings. The van der Waals surface area contributed by atoms with Crippen molar-refractivity contribution >= 4 is 28.5 Å². The van der Waals surface area contributed by atoms with Gasteiger partial charge in [0.15, 0.2) is 0 Å². The Hall–Kier alpha value is -3.62. The smallest absolute Gasteiger partial charge is 0.416 e. The number of aromatic hydroxyl groups is 1. The van der Waals surface area contributed by atoms with E-state index >= 15 is 0 Å². The van der Waals surface area contributed by atoms with Crippen LogP contribution in [0.5, 0.6) is 5.75 Å². The molecule has 1 heterocycles. The molecule has 2 aromatic carbocycles. The van der Waals surface area contributed by atoms with E-state index in [4.69, 9.17) is 9.90 Å². The topological polar surface area (TPSA) is 99.5 Å². The van der Waals surface area contributed by atoms with Crippen LogP contribution in [0.15, 0.2) is 54.7 Å². The van der Waals surface area contributed by atoms with Crippen LogP contribution in [0.3, 0.4) is 0 Å². The molecule has 1 aromatic heterocycles. The van der Waals surface area contributed by atoms with Crippen LogP contribution in [0.25, 0.3) is 10.9 Å². The number of pyridine rings is 1. The van der Waals surface area contributed by atoms with Crippen molar-refractivity contribution in [2.45, 2.75) is 13.1 Å². The molecule has 146 valence electrons. The number of amides is 1. The fourth-order valence-electron chi connectivity index (χ4n) is 2.26. The van der Waals surface area contributed by atoms with Gasteiger partial charge in [0.1, 0.15) is 11.3 Å². The van der Waals surface area contributed by atoms with Crippen molar-refractivity contribution in [2.75, 3.05) is 5.32 Å². The first kappa shape index (κ1) is 20.7. The normalized spacial score (nSPS) is 10.7. The fraction of sp³-hybridized carbons (Fsp3) is 0.105. The highest BCUT2D eigenvalue weighted by atomic mass is 19.4. The van der Waals surface area contributed by atoms with Crippen LogP contribution < -0.4 is 5.32 Å². The number of hydrogen-bond donors (Lipinski definition) is 3. The zero-order valence-corrected chi connectivity index (χ0v) is 14.5. The number of aromatic nitrogens is 1. The maximum atomic E-state index is 12.7. The molecule has 28 heavy (non-hydrogen) atoms. The molecule has 3 N–H and O–H groups in total. The van der Waals surface area contributed by atoms with Crippen LogP contribution in [0.1, 0.15) is 22.8 Å². The third kappa shape index (κ3) is 5.19. The lowest BCUT2D eigenvalue weighted by atomic mass is 10.1. The molecule has 0 saturated carbocycles. The third-order valence-corrected chi connectivity index (χ3v) is 3.44. The Morgan fingerprint density at radius 1 is 1.07 bits per heavy atom. The maximum Gasteiger partial charge on any atom is 0.416 e. The molecule has 3 rings (SSSR count). The Balaban J connectivity index is 0.000000640. The van der Waals surface area contributed by atoms with Crippen LogP contribution in [0, 0.1) is 0 Å². The van der Waals surface area contributed by atoms with E-state index in [9.17, 15) is 23.1 Å². The molecule has 1 amide bonds. The molecule has 6 nitrogen and oxygen atoms in total. The highest BCUT2D eigenvalue weighted by Gasteiger charge is 2.30. The molecule has 0 spiro atoms. The van der Waals surface area contributed by atoms with Gasteiger partial charge in [-0.3, -0.25) is 14.6 Å². The van der Waals surface area contributed by atoms with Crippen molar-refractivity contribution in [1.29, 1.82) is 0 Å². The van der Waals surface area contributed by atoms with E-state index in [1.54, 1.807) is 24.3 Å². The number of carboxylic acids is 1. The van der Waals surface area contributed by atoms with Gasteiger partial charge in [-0.25, -0.2) is 0 Å². The van der Waals surface area contributed by atoms with Crippen molar-refractivity contribution in [1.82, 2.24) is 4.98 Å². The van der Waals surface area contributed by atoms with E-state index in [0.717, 1.165) is 19.1 Å². The maximum absolute atomic E-state index is 12.7. The van der Waals surface area contributed by atoms with Crippen LogP contribution in [-0.4, -0.2) is 27.1 Å². The summed E-state index contributed by atoms with van der Waals surface area (Å²) >= 11 is 0. The Morgan fingerprint density at radius 2 is 1.71 bits per heavy atom. The van der Waals surface area contributed by atoms with E-state index in [1.165, 1.54) is 18.3 Å². The Bertz CT molecular complexity index is 1020. The van der Waals surface area contributed by atoms with Gasteiger partial charge in [0, 0.05) is 24.2 Å². The summed E-state index contributed by atoms with van der Waals surface area (Å²) in [6.45, 7) is 1.08. The zero-order valence-electron chi connectivity index (χ0n) is 14.5. The molecule has 3 aromatic rings. The second kappa shape index (κ2) is 8.38. The van der Waals surface area contributed by atoms with Gasteiger partial charge in [-0.15, -0.1) is 0 Å². The molecule has 0 aliphatic carbocycles. The van der Waals surface area contributed by atoms with Gasteiger partial charge in [-0.05, 0) is 30.3 Å². The second-order valence-electron chi connectivity index (χ2n) is 5.59. The number of nitrogens with one attached hydrogen (secondary N) is 1. The lowest BCUT2D eigenvalue weighted by Gasteiger charge is -2.11. The summed E-state index contributed by atoms with van der Waals surface area (Å²) in [5.74, 6) is -1.85. The van der Waals surface area contributed by atoms with Crippen LogP contribution >= 0.6 is 0 Å². The molecule has 0 bridgehead atoms. The number of carboxylic acid groups (broad SMARTS) is 1. The summed E-state index contributed by atoms with van der Waals surface area (Å²) < 4.78 is 38.1. The van der Waals surface area contributed by atoms with Gasteiger partial charge in [0.2, 0.25) is 0 Å². The van der Waals surface area contributed by atoms with Gasteiger partial charge in [0.05, 0.1) is 11.1 Å². The molecule has 0 saturated heterocycles. The first-order valence-electron chi connectivity index (χ1n) is 7.84. The minimum absolute atomic E-state index is 0.0256. The summed E-state index contributed by atoms with van der Waals surface area (Å²) in [4.78, 5) is 25.3. The number of para-hydroxylation sites is 1. The highest BCUT2D eigenvalue weighted by molar-refractivity contribution is 6.09. The van der Waals surface area contributed by atoms with E-state index in [1.807, 2.05) is 0 Å². The largest absolute Gasteiger partial charge is 0.506 e. The zero-order chi connectivity index (χ0) is 20.9. The molecular formula is C19H15F3N2O4. The Morgan fingerprint density at radius 3 is 2.36 bits per heavy atom. The number of fused-ring (bicyclic) bond motifs is 1. The number of carbonyl (C=O) groups excluding carboxylic acids is 1. The van der Waals surface area contributed by atoms with Gasteiger partial charge in [-0.1, -0.05) is 18.2 Å². The summed E-state index contributed by atoms with van der Waals surface area (Å²) in [6, 6.07) is 10.9. The van der Waals surface area contributed by atoms with E-state index in [0.29, 0.717) is 10.9 Å². The van der Waals surface area contributed by atoms with E-state index in [2.05, 4.69) is 10.3 Å². The third-order valence-electron chi connectivity index (χ3n) is 3.44. The standard InChI is InChI=1S/C17H11F3N2O2.C2H4O2/c18-17(19,20)10-4-3-5-11(8-10)22-16(24)13-9-21-14-7-2-1-6-12(14)15(13)23;1-2(3)4/h1-9H,(H,21,23)(H,22,24);1H3,(H,3,4). The van der Waals surface area contributed by atoms with Gasteiger partial charge in [0.25, 0.3) is 11.9 Å². The number of hydrogen-bond acceptors (Lipinski definition) is 4. The fourth-order valence-corrected chi connectivity index (χ4v) is 2.26. The SMILES string of the molecule is CC(=O)O.O=C(Nc1cccc(C(F)(F)F)c1)c1cnc2ccccc2c1O. The summed E-state index contributed by atoms with van der Waals surface area (Å²) in [6.07, 6.45) is -3.33. The lowest BCUT2D eigenvalue weighted by molar-refractivity contribution is -0.137. The molecular weight excluding hydrogens is 377 g/mol. The van der Waals surface area contributed by atoms with Gasteiger partial charge < -0.3 is 15.5 Å². The summed E-state index contributed by atoms with van der Waals surface area (Å²) in [7, 11) is 0. The molecule has 0 aliphatic rings. The molecule has 0 radical (unpaired) electrons. The number of nitrogens with zero attached hydrogens (tertiary/aromatic N) is 1. The predicted octanol–water partition coefficient (Wildman–Crippen LogP) is 4.30. The average molecular weight is 392 g/mol. The number of benzene rings is 2. The minimum atomic E-state index is -4.51. The van der Waals surface area contributed by atoms with Crippen molar-refractivity contribution < 1.29 is 33.0 Å². The van der Waals surface area contributed by atoms with Crippen LogP contribution in [0.4, 0.5) is 18.9 Å². The molecule has 0 aliphatic heterocycles. The number of aliphatic carboxylic acids is 1. The number of halogens is 3. The number of rotatable bonds is 2. The monoisotopic (exact) mass is 392 g/mol. The molecule has 9 heteroatoms. The average Bonchev–Trinajstić information content (AvgIpc) is 2.61. The van der Waals surface area contributed by atoms with E-state index in [-0.39, 0.29) is 17.0 Å². The number of alkyl halides is 3. The van der Waals surface area contributed by atoms with Crippen molar-refractivity contribution in [3.63, 3.8) is 0 Å².